The van der Waals surface area contributed by atoms with Crippen molar-refractivity contribution in [2.45, 2.75) is 0 Å². The van der Waals surface area contributed by atoms with Crippen LogP contribution in [0.15, 0.2) is 243 Å². The number of pyridine rings is 1. The monoisotopic (exact) mass is 883 g/mol. The van der Waals surface area contributed by atoms with E-state index in [4.69, 9.17) is 28.1 Å². The average molecular weight is 884 g/mol. The molecule has 13 rings (SSSR count). The molecule has 0 unspecified atom stereocenters. The van der Waals surface area contributed by atoms with Gasteiger partial charge >= 0.3 is 7.19 Å². The van der Waals surface area contributed by atoms with Gasteiger partial charge in [-0.3, -0.25) is 9.13 Å². The molecule has 0 saturated carbocycles. The number of hydrogen-bond donors (Lipinski definition) is 0. The van der Waals surface area contributed by atoms with Crippen molar-refractivity contribution < 1.29 is 27.7 Å². The molecule has 2 aliphatic rings. The standard InChI is InChI=1S/C60H40BN5O2/c1-3-19-42(20-4-1)48-31-17-32-49(43-21-5-2-6-22-43)59(48)64-41-63(55-34-12-13-35-56(55)64)44-23-15-25-46(39-44)67-47-26-16-24-45(40-47)65-60-57(36-18-38-62-60)66-54-33-11-9-29-52(54)50-27-7-8-28-51(50)53-30-10-14-37-58(53)68-61(65)66/h1-40H/i1D,2D,3D,4D,5D,6D,19D,20D,21D,22D. The molecule has 4 heterocycles. The first kappa shape index (κ1) is 30.1. The van der Waals surface area contributed by atoms with Gasteiger partial charge in [-0.25, -0.2) is 4.98 Å². The Hall–Kier alpha value is -9.14. The van der Waals surface area contributed by atoms with Gasteiger partial charge in [-0.05, 0) is 88.0 Å². The van der Waals surface area contributed by atoms with Crippen LogP contribution >= 0.6 is 0 Å². The lowest BCUT2D eigenvalue weighted by Gasteiger charge is -2.29. The summed E-state index contributed by atoms with van der Waals surface area (Å²) in [5, 5.41) is 0. The molecule has 0 aliphatic carbocycles. The second-order valence-corrected chi connectivity index (χ2v) is 16.1. The highest BCUT2D eigenvalue weighted by Gasteiger charge is 2.49. The molecule has 320 valence electrons. The van der Waals surface area contributed by atoms with Crippen molar-refractivity contribution in [3.8, 4) is 73.1 Å². The number of benzene rings is 9. The number of rotatable bonds is 7. The van der Waals surface area contributed by atoms with E-state index in [-0.39, 0.29) is 27.9 Å². The van der Waals surface area contributed by atoms with Crippen LogP contribution in [-0.4, -0.2) is 16.7 Å². The van der Waals surface area contributed by atoms with Crippen molar-refractivity contribution in [2.75, 3.05) is 9.62 Å². The zero-order chi connectivity index (χ0) is 53.7. The number of fused-ring (bicyclic) bond motifs is 10. The Labute approximate surface area is 408 Å². The Kier molecular flexibility index (Phi) is 7.26. The Bertz CT molecular complexity index is 4160. The van der Waals surface area contributed by atoms with Crippen molar-refractivity contribution in [1.82, 2.24) is 9.55 Å². The molecule has 7 nitrogen and oxygen atoms in total. The van der Waals surface area contributed by atoms with Crippen LogP contribution in [0, 0.1) is 6.33 Å². The molecular formula is C60H40BN5O2. The van der Waals surface area contributed by atoms with Crippen LogP contribution in [-0.2, 0) is 0 Å². The Balaban J connectivity index is 0.926. The second-order valence-electron chi connectivity index (χ2n) is 16.1. The highest BCUT2D eigenvalue weighted by molar-refractivity contribution is 6.68. The molecule has 0 spiro atoms. The summed E-state index contributed by atoms with van der Waals surface area (Å²) in [7, 11) is -0.721. The molecule has 11 aromatic rings. The van der Waals surface area contributed by atoms with Gasteiger partial charge < -0.3 is 19.0 Å². The second kappa shape index (κ2) is 16.4. The van der Waals surface area contributed by atoms with E-state index in [9.17, 15) is 0 Å². The predicted octanol–water partition coefficient (Wildman–Crippen LogP) is 14.2. The van der Waals surface area contributed by atoms with E-state index in [1.165, 1.54) is 0 Å². The summed E-state index contributed by atoms with van der Waals surface area (Å²) in [4.78, 5) is 9.22. The Morgan fingerprint density at radius 3 is 1.84 bits per heavy atom. The van der Waals surface area contributed by atoms with Crippen LogP contribution in [0.5, 0.6) is 17.2 Å². The molecule has 9 aromatic carbocycles. The number of para-hydroxylation sites is 5. The molecule has 0 bridgehead atoms. The van der Waals surface area contributed by atoms with Crippen molar-refractivity contribution >= 4 is 41.1 Å². The lowest BCUT2D eigenvalue weighted by Crippen LogP contribution is -2.49. The lowest BCUT2D eigenvalue weighted by molar-refractivity contribution is -0.571. The number of imidazole rings is 1. The number of hydrogen-bond acceptors (Lipinski definition) is 5. The highest BCUT2D eigenvalue weighted by atomic mass is 16.5. The first-order valence-electron chi connectivity index (χ1n) is 27.0. The maximum absolute atomic E-state index is 9.06. The van der Waals surface area contributed by atoms with Crippen molar-refractivity contribution in [3.63, 3.8) is 0 Å². The third-order valence-electron chi connectivity index (χ3n) is 12.3. The summed E-state index contributed by atoms with van der Waals surface area (Å²) in [5.74, 6) is 2.38. The van der Waals surface area contributed by atoms with Gasteiger partial charge in [-0.1, -0.05) is 176 Å². The molecule has 2 aliphatic heterocycles. The Morgan fingerprint density at radius 2 is 1.09 bits per heavy atom. The summed E-state index contributed by atoms with van der Waals surface area (Å²) >= 11 is 0. The number of aromatic nitrogens is 3. The van der Waals surface area contributed by atoms with Crippen molar-refractivity contribution in [2.24, 2.45) is 0 Å². The van der Waals surface area contributed by atoms with Gasteiger partial charge in [0, 0.05) is 34.8 Å². The maximum atomic E-state index is 9.06. The topological polar surface area (TPSA) is 46.6 Å². The number of anilines is 4. The van der Waals surface area contributed by atoms with Gasteiger partial charge in [0.25, 0.3) is 6.33 Å². The summed E-state index contributed by atoms with van der Waals surface area (Å²) < 4.78 is 105. The molecule has 0 atom stereocenters. The maximum Gasteiger partial charge on any atom is 0.629 e. The molecular weight excluding hydrogens is 834 g/mol. The van der Waals surface area contributed by atoms with Gasteiger partial charge in [-0.15, -0.1) is 0 Å². The van der Waals surface area contributed by atoms with E-state index in [0.717, 1.165) is 39.3 Å². The minimum Gasteiger partial charge on any atom is -0.522 e. The van der Waals surface area contributed by atoms with E-state index in [1.807, 2.05) is 115 Å². The zero-order valence-electron chi connectivity index (χ0n) is 46.0. The van der Waals surface area contributed by atoms with E-state index < -0.39 is 67.6 Å². The molecule has 0 saturated heterocycles. The molecule has 8 heteroatoms. The molecule has 0 radical (unpaired) electrons. The quantitative estimate of drug-likeness (QED) is 0.0906. The Morgan fingerprint density at radius 1 is 0.515 bits per heavy atom. The van der Waals surface area contributed by atoms with Crippen LogP contribution in [0.25, 0.3) is 66.9 Å². The minimum absolute atomic E-state index is 0.140. The van der Waals surface area contributed by atoms with Crippen molar-refractivity contribution in [3.05, 3.63) is 249 Å². The van der Waals surface area contributed by atoms with Crippen LogP contribution in [0.1, 0.15) is 13.7 Å². The third-order valence-corrected chi connectivity index (χ3v) is 12.3. The van der Waals surface area contributed by atoms with E-state index in [0.29, 0.717) is 39.8 Å². The van der Waals surface area contributed by atoms with Crippen molar-refractivity contribution in [1.29, 1.82) is 0 Å². The smallest absolute Gasteiger partial charge is 0.522 e. The highest BCUT2D eigenvalue weighted by Crippen LogP contribution is 2.51. The van der Waals surface area contributed by atoms with Gasteiger partial charge in [0.05, 0.1) is 41.8 Å². The first-order chi connectivity index (χ1) is 37.9. The van der Waals surface area contributed by atoms with Crippen LogP contribution in [0.3, 0.4) is 0 Å². The number of nitrogens with zero attached hydrogens (tertiary/aromatic N) is 5. The van der Waals surface area contributed by atoms with E-state index >= 15 is 0 Å². The van der Waals surface area contributed by atoms with E-state index in [1.54, 1.807) is 33.5 Å². The largest absolute Gasteiger partial charge is 0.629 e. The first-order valence-corrected chi connectivity index (χ1v) is 22.0. The fraction of sp³-hybridized carbons (Fsp3) is 0. The minimum atomic E-state index is -0.721. The van der Waals surface area contributed by atoms with Gasteiger partial charge in [0.15, 0.2) is 0 Å². The molecule has 2 aromatic heterocycles. The SMILES string of the molecule is [2H]c1c([2H])c([2H])c(-c2cccc(-c3c([2H])c([2H])c([2H])c([2H])c3[2H])c2-[n+]2[c-]n(-c3cccc(Oc4cccc(N5B6Oc7ccccc7-c7ccccc7-c7ccccc7N6c6cccnc65)c4)c3)c3ccccc32)c([2H])c1[2H]. The average Bonchev–Trinajstić information content (AvgIpc) is 4.18. The molecule has 0 N–H and O–H groups in total. The van der Waals surface area contributed by atoms with Gasteiger partial charge in [0.2, 0.25) is 0 Å². The van der Waals surface area contributed by atoms with E-state index in [2.05, 4.69) is 58.4 Å². The summed E-state index contributed by atoms with van der Waals surface area (Å²) in [6.07, 6.45) is 5.22. The summed E-state index contributed by atoms with van der Waals surface area (Å²) in [5.41, 5.74) is 8.64. The molecule has 0 fully saturated rings. The summed E-state index contributed by atoms with van der Waals surface area (Å²) in [6.45, 7) is 0. The molecule has 68 heavy (non-hydrogen) atoms. The fourth-order valence-electron chi connectivity index (χ4n) is 9.37. The number of ether oxygens (including phenoxy) is 1. The third kappa shape index (κ3) is 6.61. The molecule has 0 amide bonds. The summed E-state index contributed by atoms with van der Waals surface area (Å²) in [6, 6.07) is 50.7. The van der Waals surface area contributed by atoms with Crippen LogP contribution in [0.4, 0.5) is 22.9 Å². The normalized spacial score (nSPS) is 14.5. The van der Waals surface area contributed by atoms with Gasteiger partial charge in [0.1, 0.15) is 23.1 Å². The van der Waals surface area contributed by atoms with Crippen LogP contribution in [0.2, 0.25) is 0 Å². The van der Waals surface area contributed by atoms with Crippen LogP contribution < -0.4 is 23.6 Å². The lowest BCUT2D eigenvalue weighted by atomic mass is 9.91. The predicted molar refractivity (Wildman–Crippen MR) is 273 cm³/mol. The fourth-order valence-corrected chi connectivity index (χ4v) is 9.37. The van der Waals surface area contributed by atoms with Gasteiger partial charge in [-0.2, -0.15) is 0 Å². The zero-order valence-corrected chi connectivity index (χ0v) is 36.0.